The molecular formula is C30H24ClNO4. The predicted octanol–water partition coefficient (Wildman–Crippen LogP) is 5.78. The molecule has 6 heteroatoms. The molecule has 2 amide bonds. The molecule has 0 aromatic heterocycles. The lowest BCUT2D eigenvalue weighted by molar-refractivity contribution is -0.122. The third-order valence-corrected chi connectivity index (χ3v) is 7.80. The van der Waals surface area contributed by atoms with E-state index < -0.39 is 11.8 Å². The molecule has 0 unspecified atom stereocenters. The first-order chi connectivity index (χ1) is 17.5. The minimum Gasteiger partial charge on any atom is -0.497 e. The van der Waals surface area contributed by atoms with Gasteiger partial charge in [-0.1, -0.05) is 48.0 Å². The van der Waals surface area contributed by atoms with Crippen LogP contribution in [0.2, 0.25) is 5.02 Å². The summed E-state index contributed by atoms with van der Waals surface area (Å²) in [6, 6.07) is 22.7. The zero-order valence-electron chi connectivity index (χ0n) is 19.9. The van der Waals surface area contributed by atoms with E-state index in [1.807, 2.05) is 48.5 Å². The lowest BCUT2D eigenvalue weighted by atomic mass is 9.85. The molecule has 1 heterocycles. The second kappa shape index (κ2) is 8.68. The number of carbonyl (C=O) groups is 2. The molecule has 2 fully saturated rings. The van der Waals surface area contributed by atoms with E-state index in [-0.39, 0.29) is 23.7 Å². The minimum atomic E-state index is -0.412. The Hall–Kier alpha value is -3.83. The number of benzene rings is 3. The van der Waals surface area contributed by atoms with Gasteiger partial charge < -0.3 is 9.47 Å². The summed E-state index contributed by atoms with van der Waals surface area (Å²) in [6.45, 7) is 0. The lowest BCUT2D eigenvalue weighted by Gasteiger charge is -2.22. The number of hydrogen-bond acceptors (Lipinski definition) is 4. The van der Waals surface area contributed by atoms with Crippen molar-refractivity contribution in [2.24, 2.45) is 23.7 Å². The molecule has 2 bridgehead atoms. The SMILES string of the molecule is COc1ccc(C(=C2[C@H]3C=C[C@H]2[C@H]2C(=O)N(c4ccc(Cl)cc4)C(=O)[C@H]23)c2ccc(OC)cc2)cc1. The van der Waals surface area contributed by atoms with Gasteiger partial charge >= 0.3 is 0 Å². The fraction of sp³-hybridized carbons (Fsp3) is 0.200. The van der Waals surface area contributed by atoms with Crippen LogP contribution in [0, 0.1) is 23.7 Å². The van der Waals surface area contributed by atoms with E-state index >= 15 is 0 Å². The Labute approximate surface area is 214 Å². The first-order valence-electron chi connectivity index (χ1n) is 11.9. The number of hydrogen-bond donors (Lipinski definition) is 0. The Bertz CT molecular complexity index is 1320. The third kappa shape index (κ3) is 3.38. The van der Waals surface area contributed by atoms with Crippen LogP contribution in [0.5, 0.6) is 11.5 Å². The van der Waals surface area contributed by atoms with E-state index in [9.17, 15) is 9.59 Å². The molecule has 6 rings (SSSR count). The van der Waals surface area contributed by atoms with Crippen LogP contribution in [0.25, 0.3) is 5.57 Å². The molecular weight excluding hydrogens is 474 g/mol. The fourth-order valence-corrected chi connectivity index (χ4v) is 6.08. The number of carbonyl (C=O) groups excluding carboxylic acids is 2. The van der Waals surface area contributed by atoms with Gasteiger partial charge in [0, 0.05) is 16.9 Å². The number of amides is 2. The van der Waals surface area contributed by atoms with Crippen molar-refractivity contribution in [3.8, 4) is 11.5 Å². The van der Waals surface area contributed by atoms with E-state index in [0.717, 1.165) is 33.8 Å². The summed E-state index contributed by atoms with van der Waals surface area (Å²) in [7, 11) is 3.29. The molecule has 1 saturated carbocycles. The van der Waals surface area contributed by atoms with Crippen molar-refractivity contribution in [2.75, 3.05) is 19.1 Å². The van der Waals surface area contributed by atoms with Gasteiger partial charge in [0.1, 0.15) is 11.5 Å². The molecule has 0 radical (unpaired) electrons. The van der Waals surface area contributed by atoms with E-state index in [0.29, 0.717) is 10.7 Å². The molecule has 0 spiro atoms. The number of methoxy groups -OCH3 is 2. The highest BCUT2D eigenvalue weighted by Crippen LogP contribution is 2.59. The van der Waals surface area contributed by atoms with Crippen LogP contribution in [0.4, 0.5) is 5.69 Å². The van der Waals surface area contributed by atoms with Gasteiger partial charge in [-0.25, -0.2) is 4.90 Å². The summed E-state index contributed by atoms with van der Waals surface area (Å²) in [5.41, 5.74) is 4.78. The maximum Gasteiger partial charge on any atom is 0.238 e. The van der Waals surface area contributed by atoms with Crippen molar-refractivity contribution in [1.29, 1.82) is 0 Å². The molecule has 2 aliphatic carbocycles. The van der Waals surface area contributed by atoms with Gasteiger partial charge in [0.15, 0.2) is 0 Å². The second-order valence-corrected chi connectivity index (χ2v) is 9.70. The molecule has 36 heavy (non-hydrogen) atoms. The molecule has 3 aromatic carbocycles. The van der Waals surface area contributed by atoms with Crippen molar-refractivity contribution in [2.45, 2.75) is 0 Å². The Morgan fingerprint density at radius 2 is 1.14 bits per heavy atom. The van der Waals surface area contributed by atoms with Gasteiger partial charge in [-0.3, -0.25) is 9.59 Å². The van der Waals surface area contributed by atoms with Crippen molar-refractivity contribution in [3.63, 3.8) is 0 Å². The normalized spacial score (nSPS) is 23.9. The van der Waals surface area contributed by atoms with Crippen LogP contribution in [-0.4, -0.2) is 26.0 Å². The topological polar surface area (TPSA) is 55.8 Å². The Morgan fingerprint density at radius 3 is 1.56 bits per heavy atom. The Balaban J connectivity index is 1.47. The smallest absolute Gasteiger partial charge is 0.238 e. The number of imide groups is 1. The number of halogens is 1. The largest absolute Gasteiger partial charge is 0.497 e. The number of rotatable bonds is 5. The summed E-state index contributed by atoms with van der Waals surface area (Å²) in [5, 5.41) is 0.564. The van der Waals surface area contributed by atoms with Crippen molar-refractivity contribution < 1.29 is 19.1 Å². The van der Waals surface area contributed by atoms with Gasteiger partial charge in [-0.15, -0.1) is 0 Å². The average molecular weight is 498 g/mol. The molecule has 180 valence electrons. The highest BCUT2D eigenvalue weighted by atomic mass is 35.5. The first kappa shape index (κ1) is 22.6. The number of ether oxygens (including phenoxy) is 2. The summed E-state index contributed by atoms with van der Waals surface area (Å²) >= 11 is 6.03. The van der Waals surface area contributed by atoms with Crippen LogP contribution in [0.1, 0.15) is 11.1 Å². The van der Waals surface area contributed by atoms with Crippen molar-refractivity contribution in [3.05, 3.63) is 107 Å². The quantitative estimate of drug-likeness (QED) is 0.331. The number of allylic oxidation sites excluding steroid dienone is 3. The average Bonchev–Trinajstić information content (AvgIpc) is 3.55. The molecule has 3 aromatic rings. The predicted molar refractivity (Wildman–Crippen MR) is 139 cm³/mol. The van der Waals surface area contributed by atoms with E-state index in [1.165, 1.54) is 4.90 Å². The summed E-state index contributed by atoms with van der Waals surface area (Å²) in [4.78, 5) is 28.7. The highest BCUT2D eigenvalue weighted by Gasteiger charge is 2.62. The maximum atomic E-state index is 13.7. The van der Waals surface area contributed by atoms with Gasteiger partial charge in [0.25, 0.3) is 0 Å². The number of fused-ring (bicyclic) bond motifs is 5. The molecule has 1 aliphatic heterocycles. The van der Waals surface area contributed by atoms with E-state index in [2.05, 4.69) is 12.2 Å². The van der Waals surface area contributed by atoms with Crippen LogP contribution in [0.15, 0.2) is 90.5 Å². The van der Waals surface area contributed by atoms with Crippen molar-refractivity contribution in [1.82, 2.24) is 0 Å². The monoisotopic (exact) mass is 497 g/mol. The molecule has 5 nitrogen and oxygen atoms in total. The zero-order chi connectivity index (χ0) is 25.0. The first-order valence-corrected chi connectivity index (χ1v) is 12.2. The maximum absolute atomic E-state index is 13.7. The van der Waals surface area contributed by atoms with Crippen LogP contribution in [0.3, 0.4) is 0 Å². The van der Waals surface area contributed by atoms with Gasteiger partial charge in [-0.05, 0) is 70.8 Å². The lowest BCUT2D eigenvalue weighted by Crippen LogP contribution is -2.33. The third-order valence-electron chi connectivity index (χ3n) is 7.55. The minimum absolute atomic E-state index is 0.145. The Morgan fingerprint density at radius 1 is 0.694 bits per heavy atom. The molecule has 1 saturated heterocycles. The summed E-state index contributed by atoms with van der Waals surface area (Å²) < 4.78 is 10.7. The van der Waals surface area contributed by atoms with E-state index in [1.54, 1.807) is 38.5 Å². The standard InChI is InChI=1S/C30H24ClNO4/c1-35-21-11-3-17(4-12-21)25(18-5-13-22(36-2)14-6-18)26-23-15-16-24(26)28-27(23)29(33)32(30(28)34)20-9-7-19(31)8-10-20/h3-16,23-24,27-28H,1-2H3/t23-,24-,27-,28+/m1/s1. The Kier molecular flexibility index (Phi) is 5.45. The van der Waals surface area contributed by atoms with Gasteiger partial charge in [0.2, 0.25) is 11.8 Å². The van der Waals surface area contributed by atoms with Crippen molar-refractivity contribution >= 4 is 34.7 Å². The van der Waals surface area contributed by atoms with Crippen LogP contribution in [-0.2, 0) is 9.59 Å². The summed E-state index contributed by atoms with van der Waals surface area (Å²) in [6.07, 6.45) is 4.20. The molecule has 3 aliphatic rings. The van der Waals surface area contributed by atoms with Gasteiger partial charge in [0.05, 0.1) is 31.7 Å². The zero-order valence-corrected chi connectivity index (χ0v) is 20.6. The number of anilines is 1. The fourth-order valence-electron chi connectivity index (χ4n) is 5.96. The van der Waals surface area contributed by atoms with Gasteiger partial charge in [-0.2, -0.15) is 0 Å². The second-order valence-electron chi connectivity index (χ2n) is 9.26. The molecule has 4 atom stereocenters. The van der Waals surface area contributed by atoms with Crippen LogP contribution < -0.4 is 14.4 Å². The number of nitrogens with zero attached hydrogens (tertiary/aromatic N) is 1. The van der Waals surface area contributed by atoms with E-state index in [4.69, 9.17) is 21.1 Å². The highest BCUT2D eigenvalue weighted by molar-refractivity contribution is 6.31. The molecule has 0 N–H and O–H groups in total. The summed E-state index contributed by atoms with van der Waals surface area (Å²) in [5.74, 6) is 0.128. The van der Waals surface area contributed by atoms with Crippen LogP contribution >= 0.6 is 11.6 Å².